The standard InChI is InChI=1S/C18H16Cl2F3NO2/c19-15-3-1-2-13(16(15)20)8-9-24-17(25)14-6-4-12(5-7-14)10-26-11-18(21,22)23/h1-7H,8-11H2,(H,24,25). The Hall–Kier alpha value is -1.76. The van der Waals surface area contributed by atoms with Crippen LogP contribution in [0, 0.1) is 0 Å². The molecule has 0 saturated heterocycles. The highest BCUT2D eigenvalue weighted by Gasteiger charge is 2.27. The molecule has 2 aromatic rings. The molecule has 0 unspecified atom stereocenters. The smallest absolute Gasteiger partial charge is 0.367 e. The molecule has 3 nitrogen and oxygen atoms in total. The van der Waals surface area contributed by atoms with Crippen LogP contribution in [0.25, 0.3) is 0 Å². The van der Waals surface area contributed by atoms with E-state index in [2.05, 4.69) is 10.1 Å². The quantitative estimate of drug-likeness (QED) is 0.700. The molecular weight excluding hydrogens is 390 g/mol. The summed E-state index contributed by atoms with van der Waals surface area (Å²) < 4.78 is 40.6. The van der Waals surface area contributed by atoms with Crippen LogP contribution >= 0.6 is 23.2 Å². The number of ether oxygens (including phenoxy) is 1. The molecule has 0 saturated carbocycles. The Morgan fingerprint density at radius 2 is 1.77 bits per heavy atom. The van der Waals surface area contributed by atoms with E-state index in [4.69, 9.17) is 23.2 Å². The maximum Gasteiger partial charge on any atom is 0.411 e. The molecule has 0 aromatic heterocycles. The van der Waals surface area contributed by atoms with E-state index in [9.17, 15) is 18.0 Å². The average Bonchev–Trinajstić information content (AvgIpc) is 2.58. The summed E-state index contributed by atoms with van der Waals surface area (Å²) in [6, 6.07) is 11.5. The summed E-state index contributed by atoms with van der Waals surface area (Å²) >= 11 is 12.0. The van der Waals surface area contributed by atoms with Crippen LogP contribution in [0.15, 0.2) is 42.5 Å². The molecule has 140 valence electrons. The van der Waals surface area contributed by atoms with Crippen LogP contribution in [0.4, 0.5) is 13.2 Å². The van der Waals surface area contributed by atoms with Crippen LogP contribution in [0.5, 0.6) is 0 Å². The van der Waals surface area contributed by atoms with Crippen LogP contribution < -0.4 is 5.32 Å². The van der Waals surface area contributed by atoms with E-state index in [1.165, 1.54) is 12.1 Å². The Kier molecular flexibility index (Phi) is 7.32. The average molecular weight is 406 g/mol. The summed E-state index contributed by atoms with van der Waals surface area (Å²) in [4.78, 5) is 12.1. The highest BCUT2D eigenvalue weighted by atomic mass is 35.5. The maximum atomic E-state index is 12.1. The van der Waals surface area contributed by atoms with E-state index in [1.54, 1.807) is 24.3 Å². The minimum atomic E-state index is -4.36. The molecule has 8 heteroatoms. The predicted octanol–water partition coefficient (Wildman–Crippen LogP) is 5.04. The van der Waals surface area contributed by atoms with Gasteiger partial charge in [-0.25, -0.2) is 0 Å². The summed E-state index contributed by atoms with van der Waals surface area (Å²) in [5.74, 6) is -0.286. The second-order valence-electron chi connectivity index (χ2n) is 5.52. The Balaban J connectivity index is 1.81. The Morgan fingerprint density at radius 1 is 1.08 bits per heavy atom. The SMILES string of the molecule is O=C(NCCc1cccc(Cl)c1Cl)c1ccc(COCC(F)(F)F)cc1. The first-order valence-electron chi connectivity index (χ1n) is 7.71. The summed E-state index contributed by atoms with van der Waals surface area (Å²) in [7, 11) is 0. The van der Waals surface area contributed by atoms with Gasteiger partial charge in [-0.05, 0) is 35.7 Å². The fourth-order valence-electron chi connectivity index (χ4n) is 2.19. The molecule has 26 heavy (non-hydrogen) atoms. The molecule has 0 aliphatic rings. The number of benzene rings is 2. The maximum absolute atomic E-state index is 12.1. The molecule has 0 bridgehead atoms. The van der Waals surface area contributed by atoms with Gasteiger partial charge in [0.2, 0.25) is 0 Å². The van der Waals surface area contributed by atoms with E-state index < -0.39 is 12.8 Å². The van der Waals surface area contributed by atoms with Gasteiger partial charge in [0.05, 0.1) is 16.7 Å². The number of rotatable bonds is 7. The molecule has 0 aliphatic heterocycles. The fourth-order valence-corrected chi connectivity index (χ4v) is 2.61. The summed E-state index contributed by atoms with van der Waals surface area (Å²) in [6.45, 7) is -1.11. The zero-order valence-corrected chi connectivity index (χ0v) is 15.1. The third-order valence-corrected chi connectivity index (χ3v) is 4.32. The molecule has 2 rings (SSSR count). The molecule has 0 atom stereocenters. The van der Waals surface area contributed by atoms with Crippen LogP contribution in [0.3, 0.4) is 0 Å². The van der Waals surface area contributed by atoms with Gasteiger partial charge in [0.15, 0.2) is 0 Å². The lowest BCUT2D eigenvalue weighted by Gasteiger charge is -2.09. The van der Waals surface area contributed by atoms with Gasteiger partial charge in [0.25, 0.3) is 5.91 Å². The number of carbonyl (C=O) groups is 1. The Bertz CT molecular complexity index is 749. The minimum absolute atomic E-state index is 0.172. The van der Waals surface area contributed by atoms with Crippen molar-refractivity contribution in [3.8, 4) is 0 Å². The van der Waals surface area contributed by atoms with Crippen LogP contribution in [-0.4, -0.2) is 25.2 Å². The van der Waals surface area contributed by atoms with Crippen molar-refractivity contribution in [2.75, 3.05) is 13.2 Å². The van der Waals surface area contributed by atoms with Gasteiger partial charge < -0.3 is 10.1 Å². The van der Waals surface area contributed by atoms with Crippen LogP contribution in [0.2, 0.25) is 10.0 Å². The molecule has 0 aliphatic carbocycles. The number of carbonyl (C=O) groups excluding carboxylic acids is 1. The number of nitrogens with one attached hydrogen (secondary N) is 1. The first kappa shape index (κ1) is 20.6. The van der Waals surface area contributed by atoms with Crippen molar-refractivity contribution < 1.29 is 22.7 Å². The van der Waals surface area contributed by atoms with Crippen molar-refractivity contribution in [1.82, 2.24) is 5.32 Å². The normalized spacial score (nSPS) is 11.4. The summed E-state index contributed by atoms with van der Waals surface area (Å²) in [5.41, 5.74) is 1.79. The third-order valence-electron chi connectivity index (χ3n) is 3.46. The van der Waals surface area contributed by atoms with E-state index >= 15 is 0 Å². The lowest BCUT2D eigenvalue weighted by atomic mass is 10.1. The number of alkyl halides is 3. The molecular formula is C18H16Cl2F3NO2. The molecule has 1 N–H and O–H groups in total. The van der Waals surface area contributed by atoms with E-state index in [1.807, 2.05) is 6.07 Å². The van der Waals surface area contributed by atoms with E-state index in [-0.39, 0.29) is 12.5 Å². The fraction of sp³-hybridized carbons (Fsp3) is 0.278. The second-order valence-corrected chi connectivity index (χ2v) is 6.31. The van der Waals surface area contributed by atoms with E-state index in [0.29, 0.717) is 34.1 Å². The van der Waals surface area contributed by atoms with Crippen molar-refractivity contribution >= 4 is 29.1 Å². The van der Waals surface area contributed by atoms with Gasteiger partial charge >= 0.3 is 6.18 Å². The monoisotopic (exact) mass is 405 g/mol. The zero-order valence-electron chi connectivity index (χ0n) is 13.6. The van der Waals surface area contributed by atoms with E-state index in [0.717, 1.165) is 5.56 Å². The van der Waals surface area contributed by atoms with Crippen molar-refractivity contribution in [1.29, 1.82) is 0 Å². The lowest BCUT2D eigenvalue weighted by Crippen LogP contribution is -2.25. The number of hydrogen-bond acceptors (Lipinski definition) is 2. The van der Waals surface area contributed by atoms with Gasteiger partial charge in [-0.15, -0.1) is 0 Å². The van der Waals surface area contributed by atoms with Crippen molar-refractivity contribution in [2.24, 2.45) is 0 Å². The first-order chi connectivity index (χ1) is 12.3. The number of hydrogen-bond donors (Lipinski definition) is 1. The van der Waals surface area contributed by atoms with Crippen LogP contribution in [0.1, 0.15) is 21.5 Å². The Labute approximate surface area is 159 Å². The third kappa shape index (κ3) is 6.52. The van der Waals surface area contributed by atoms with Crippen molar-refractivity contribution in [2.45, 2.75) is 19.2 Å². The molecule has 0 radical (unpaired) electrons. The summed E-state index contributed by atoms with van der Waals surface area (Å²) in [6.07, 6.45) is -3.83. The van der Waals surface area contributed by atoms with Crippen LogP contribution in [-0.2, 0) is 17.8 Å². The zero-order chi connectivity index (χ0) is 19.2. The lowest BCUT2D eigenvalue weighted by molar-refractivity contribution is -0.176. The van der Waals surface area contributed by atoms with Gasteiger partial charge in [0, 0.05) is 12.1 Å². The highest BCUT2D eigenvalue weighted by molar-refractivity contribution is 6.42. The topological polar surface area (TPSA) is 38.3 Å². The van der Waals surface area contributed by atoms with Gasteiger partial charge in [0.1, 0.15) is 6.61 Å². The number of halogens is 5. The minimum Gasteiger partial charge on any atom is -0.367 e. The first-order valence-corrected chi connectivity index (χ1v) is 8.46. The number of amides is 1. The molecule has 2 aromatic carbocycles. The van der Waals surface area contributed by atoms with Crippen molar-refractivity contribution in [3.05, 3.63) is 69.2 Å². The molecule has 0 spiro atoms. The molecule has 0 fully saturated rings. The van der Waals surface area contributed by atoms with Crippen molar-refractivity contribution in [3.63, 3.8) is 0 Å². The second kappa shape index (κ2) is 9.26. The largest absolute Gasteiger partial charge is 0.411 e. The van der Waals surface area contributed by atoms with Gasteiger partial charge in [-0.3, -0.25) is 4.79 Å². The van der Waals surface area contributed by atoms with Gasteiger partial charge in [-0.2, -0.15) is 13.2 Å². The van der Waals surface area contributed by atoms with Gasteiger partial charge in [-0.1, -0.05) is 47.5 Å². The molecule has 1 amide bonds. The predicted molar refractivity (Wildman–Crippen MR) is 94.7 cm³/mol. The molecule has 0 heterocycles. The highest BCUT2D eigenvalue weighted by Crippen LogP contribution is 2.25. The summed E-state index contributed by atoms with van der Waals surface area (Å²) in [5, 5.41) is 3.68. The Morgan fingerprint density at radius 3 is 2.42 bits per heavy atom.